The molecule has 0 heterocycles. The Morgan fingerprint density at radius 1 is 1.46 bits per heavy atom. The van der Waals surface area contributed by atoms with E-state index in [1.165, 1.54) is 12.8 Å². The predicted octanol–water partition coefficient (Wildman–Crippen LogP) is 0.297. The molecule has 13 heavy (non-hydrogen) atoms. The van der Waals surface area contributed by atoms with Crippen molar-refractivity contribution in [2.24, 2.45) is 5.92 Å². The molecule has 2 unspecified atom stereocenters. The van der Waals surface area contributed by atoms with Gasteiger partial charge < -0.3 is 15.3 Å². The molecule has 1 saturated carbocycles. The van der Waals surface area contributed by atoms with Crippen LogP contribution in [0, 0.1) is 5.92 Å². The smallest absolute Gasteiger partial charge is 0.0791 e. The van der Waals surface area contributed by atoms with Crippen LogP contribution in [-0.2, 0) is 0 Å². The second-order valence-electron chi connectivity index (χ2n) is 4.45. The van der Waals surface area contributed by atoms with Crippen molar-refractivity contribution in [3.05, 3.63) is 0 Å². The summed E-state index contributed by atoms with van der Waals surface area (Å²) in [6, 6.07) is 0.580. The largest absolute Gasteiger partial charge is 0.390 e. The summed E-state index contributed by atoms with van der Waals surface area (Å²) >= 11 is 0. The highest BCUT2D eigenvalue weighted by molar-refractivity contribution is 4.83. The van der Waals surface area contributed by atoms with Crippen LogP contribution in [0.1, 0.15) is 19.8 Å². The second-order valence-corrected chi connectivity index (χ2v) is 4.45. The normalized spacial score (nSPS) is 21.9. The first-order valence-corrected chi connectivity index (χ1v) is 5.15. The van der Waals surface area contributed by atoms with Crippen molar-refractivity contribution in [3.63, 3.8) is 0 Å². The third kappa shape index (κ3) is 4.60. The molecular weight excluding hydrogens is 164 g/mol. The van der Waals surface area contributed by atoms with Crippen LogP contribution in [0.15, 0.2) is 0 Å². The molecule has 1 rings (SSSR count). The average molecular weight is 186 g/mol. The molecule has 1 aliphatic carbocycles. The topological polar surface area (TPSA) is 35.5 Å². The third-order valence-electron chi connectivity index (χ3n) is 2.58. The summed E-state index contributed by atoms with van der Waals surface area (Å²) in [5.74, 6) is 0.867. The van der Waals surface area contributed by atoms with E-state index in [-0.39, 0.29) is 6.10 Å². The fraction of sp³-hybridized carbons (Fsp3) is 1.00. The molecule has 2 atom stereocenters. The Morgan fingerprint density at radius 3 is 2.54 bits per heavy atom. The first-order chi connectivity index (χ1) is 6.09. The van der Waals surface area contributed by atoms with E-state index in [9.17, 15) is 5.11 Å². The lowest BCUT2D eigenvalue weighted by Crippen LogP contribution is -2.39. The Hall–Kier alpha value is -0.120. The minimum atomic E-state index is -0.240. The van der Waals surface area contributed by atoms with E-state index >= 15 is 0 Å². The Bertz CT molecular complexity index is 146. The maximum absolute atomic E-state index is 9.57. The van der Waals surface area contributed by atoms with E-state index in [1.54, 1.807) is 0 Å². The van der Waals surface area contributed by atoms with Crippen molar-refractivity contribution in [2.45, 2.75) is 31.9 Å². The molecular formula is C10H22N2O. The number of hydrogen-bond donors (Lipinski definition) is 2. The molecule has 0 aliphatic heterocycles. The summed E-state index contributed by atoms with van der Waals surface area (Å²) in [6.45, 7) is 3.67. The van der Waals surface area contributed by atoms with E-state index in [1.807, 2.05) is 19.0 Å². The van der Waals surface area contributed by atoms with E-state index in [4.69, 9.17) is 0 Å². The number of aliphatic hydroxyl groups excluding tert-OH is 1. The van der Waals surface area contributed by atoms with Crippen molar-refractivity contribution >= 4 is 0 Å². The van der Waals surface area contributed by atoms with Gasteiger partial charge in [-0.1, -0.05) is 0 Å². The zero-order chi connectivity index (χ0) is 9.84. The molecule has 0 radical (unpaired) electrons. The van der Waals surface area contributed by atoms with Crippen molar-refractivity contribution in [1.29, 1.82) is 0 Å². The number of likely N-dealkylation sites (N-methyl/N-ethyl adjacent to an activating group) is 1. The first-order valence-electron chi connectivity index (χ1n) is 5.15. The van der Waals surface area contributed by atoms with E-state index in [0.717, 1.165) is 19.0 Å². The van der Waals surface area contributed by atoms with Gasteiger partial charge in [0.15, 0.2) is 0 Å². The molecule has 78 valence electrons. The minimum Gasteiger partial charge on any atom is -0.390 e. The molecule has 0 spiro atoms. The van der Waals surface area contributed by atoms with Gasteiger partial charge in [-0.25, -0.2) is 0 Å². The SMILES string of the molecule is CC(NCC(O)CN(C)C)C1CC1. The standard InChI is InChI=1S/C10H22N2O/c1-8(9-4-5-9)11-6-10(13)7-12(2)3/h8-11,13H,4-7H2,1-3H3. The summed E-state index contributed by atoms with van der Waals surface area (Å²) in [7, 11) is 3.96. The summed E-state index contributed by atoms with van der Waals surface area (Å²) in [5.41, 5.74) is 0. The van der Waals surface area contributed by atoms with Crippen LogP contribution >= 0.6 is 0 Å². The number of nitrogens with zero attached hydrogens (tertiary/aromatic N) is 1. The Kier molecular flexibility index (Phi) is 4.16. The lowest BCUT2D eigenvalue weighted by Gasteiger charge is -2.19. The van der Waals surface area contributed by atoms with Crippen LogP contribution in [0.2, 0.25) is 0 Å². The molecule has 0 aromatic carbocycles. The Morgan fingerprint density at radius 2 is 2.08 bits per heavy atom. The molecule has 1 fully saturated rings. The zero-order valence-corrected chi connectivity index (χ0v) is 8.95. The van der Waals surface area contributed by atoms with Gasteiger partial charge in [-0.15, -0.1) is 0 Å². The monoisotopic (exact) mass is 186 g/mol. The highest BCUT2D eigenvalue weighted by Gasteiger charge is 2.27. The van der Waals surface area contributed by atoms with Crippen molar-refractivity contribution in [3.8, 4) is 0 Å². The van der Waals surface area contributed by atoms with Crippen molar-refractivity contribution in [2.75, 3.05) is 27.2 Å². The highest BCUT2D eigenvalue weighted by atomic mass is 16.3. The number of hydrogen-bond acceptors (Lipinski definition) is 3. The van der Waals surface area contributed by atoms with Crippen molar-refractivity contribution in [1.82, 2.24) is 10.2 Å². The third-order valence-corrected chi connectivity index (χ3v) is 2.58. The summed E-state index contributed by atoms with van der Waals surface area (Å²) in [4.78, 5) is 2.01. The molecule has 1 aliphatic rings. The average Bonchev–Trinajstić information content (AvgIpc) is 2.80. The number of aliphatic hydroxyl groups is 1. The van der Waals surface area contributed by atoms with Crippen LogP contribution in [0.25, 0.3) is 0 Å². The molecule has 2 N–H and O–H groups in total. The lowest BCUT2D eigenvalue weighted by atomic mass is 10.2. The quantitative estimate of drug-likeness (QED) is 0.626. The molecule has 3 nitrogen and oxygen atoms in total. The van der Waals surface area contributed by atoms with Gasteiger partial charge in [-0.2, -0.15) is 0 Å². The van der Waals surface area contributed by atoms with Gasteiger partial charge in [-0.05, 0) is 39.8 Å². The van der Waals surface area contributed by atoms with Crippen molar-refractivity contribution < 1.29 is 5.11 Å². The molecule has 0 amide bonds. The second kappa shape index (κ2) is 4.94. The molecule has 3 heteroatoms. The van der Waals surface area contributed by atoms with Crippen LogP contribution < -0.4 is 5.32 Å². The maximum Gasteiger partial charge on any atom is 0.0791 e. The van der Waals surface area contributed by atoms with Gasteiger partial charge in [0.25, 0.3) is 0 Å². The summed E-state index contributed by atoms with van der Waals surface area (Å²) < 4.78 is 0. The zero-order valence-electron chi connectivity index (χ0n) is 8.95. The molecule has 0 saturated heterocycles. The molecule has 0 aromatic rings. The van der Waals surface area contributed by atoms with Gasteiger partial charge in [0, 0.05) is 19.1 Å². The van der Waals surface area contributed by atoms with Gasteiger partial charge in [0.1, 0.15) is 0 Å². The molecule has 0 aromatic heterocycles. The van der Waals surface area contributed by atoms with Gasteiger partial charge in [-0.3, -0.25) is 0 Å². The Labute approximate surface area is 81.1 Å². The van der Waals surface area contributed by atoms with E-state index in [2.05, 4.69) is 12.2 Å². The summed E-state index contributed by atoms with van der Waals surface area (Å²) in [6.07, 6.45) is 2.48. The highest BCUT2D eigenvalue weighted by Crippen LogP contribution is 2.32. The van der Waals surface area contributed by atoms with Gasteiger partial charge >= 0.3 is 0 Å². The predicted molar refractivity (Wildman–Crippen MR) is 54.7 cm³/mol. The van der Waals surface area contributed by atoms with Crippen LogP contribution in [-0.4, -0.2) is 49.3 Å². The van der Waals surface area contributed by atoms with Gasteiger partial charge in [0.05, 0.1) is 6.10 Å². The fourth-order valence-corrected chi connectivity index (χ4v) is 1.57. The van der Waals surface area contributed by atoms with Crippen LogP contribution in [0.3, 0.4) is 0 Å². The maximum atomic E-state index is 9.57. The lowest BCUT2D eigenvalue weighted by molar-refractivity contribution is 0.131. The van der Waals surface area contributed by atoms with Crippen LogP contribution in [0.4, 0.5) is 0 Å². The summed E-state index contributed by atoms with van der Waals surface area (Å²) in [5, 5.41) is 12.9. The minimum absolute atomic E-state index is 0.240. The number of nitrogens with one attached hydrogen (secondary N) is 1. The van der Waals surface area contributed by atoms with E-state index < -0.39 is 0 Å². The first kappa shape index (κ1) is 11.0. The van der Waals surface area contributed by atoms with Gasteiger partial charge in [0.2, 0.25) is 0 Å². The molecule has 0 bridgehead atoms. The number of rotatable bonds is 6. The Balaban J connectivity index is 2.03. The fourth-order valence-electron chi connectivity index (χ4n) is 1.57. The van der Waals surface area contributed by atoms with E-state index in [0.29, 0.717) is 6.04 Å². The van der Waals surface area contributed by atoms with Crippen LogP contribution in [0.5, 0.6) is 0 Å².